The average Bonchev–Trinajstić information content (AvgIpc) is 3.08. The molecular formula is C23H32N4O3. The first-order valence-electron chi connectivity index (χ1n) is 10.5. The molecule has 30 heavy (non-hydrogen) atoms. The number of para-hydroxylation sites is 1. The molecule has 1 aliphatic rings. The molecule has 1 atom stereocenters. The number of nitrogens with one attached hydrogen (secondary N) is 2. The van der Waals surface area contributed by atoms with Gasteiger partial charge >= 0.3 is 0 Å². The van der Waals surface area contributed by atoms with Gasteiger partial charge < -0.3 is 25.1 Å². The van der Waals surface area contributed by atoms with E-state index in [0.29, 0.717) is 24.8 Å². The van der Waals surface area contributed by atoms with Crippen LogP contribution in [0.5, 0.6) is 0 Å². The standard InChI is InChI=1S/C23H32N4O3/c1-5-24-22(26-15-23(4,29)19-13-16(2)30-17(19)3)25-14-21(28)27-12-8-10-18-9-6-7-11-20(18)27/h6-7,9,11,13,29H,5,8,10,12,14-15H2,1-4H3,(H2,24,25,26). The van der Waals surface area contributed by atoms with Crippen molar-refractivity contribution in [3.8, 4) is 0 Å². The molecule has 7 heteroatoms. The van der Waals surface area contributed by atoms with E-state index in [2.05, 4.69) is 21.7 Å². The van der Waals surface area contributed by atoms with Crippen molar-refractivity contribution in [1.82, 2.24) is 10.6 Å². The third-order valence-electron chi connectivity index (χ3n) is 5.35. The fourth-order valence-electron chi connectivity index (χ4n) is 3.88. The minimum absolute atomic E-state index is 0.0348. The summed E-state index contributed by atoms with van der Waals surface area (Å²) in [6.45, 7) is 9.02. The first-order valence-corrected chi connectivity index (χ1v) is 10.5. The van der Waals surface area contributed by atoms with Gasteiger partial charge in [-0.3, -0.25) is 4.79 Å². The van der Waals surface area contributed by atoms with Crippen molar-refractivity contribution in [3.63, 3.8) is 0 Å². The van der Waals surface area contributed by atoms with Crippen molar-refractivity contribution < 1.29 is 14.3 Å². The van der Waals surface area contributed by atoms with Gasteiger partial charge in [-0.2, -0.15) is 0 Å². The van der Waals surface area contributed by atoms with Crippen LogP contribution in [0.2, 0.25) is 0 Å². The van der Waals surface area contributed by atoms with Crippen LogP contribution >= 0.6 is 0 Å². The SMILES string of the molecule is CCNC(=NCC(=O)N1CCCc2ccccc21)NCC(C)(O)c1cc(C)oc1C. The second kappa shape index (κ2) is 9.34. The topological polar surface area (TPSA) is 90.1 Å². The summed E-state index contributed by atoms with van der Waals surface area (Å²) in [5.41, 5.74) is 1.79. The van der Waals surface area contributed by atoms with Crippen LogP contribution in [0.25, 0.3) is 0 Å². The van der Waals surface area contributed by atoms with E-state index < -0.39 is 5.60 Å². The predicted molar refractivity (Wildman–Crippen MR) is 119 cm³/mol. The zero-order valence-corrected chi connectivity index (χ0v) is 18.3. The summed E-state index contributed by atoms with van der Waals surface area (Å²) in [6.07, 6.45) is 1.95. The number of furan rings is 1. The Bertz CT molecular complexity index is 917. The van der Waals surface area contributed by atoms with E-state index in [0.717, 1.165) is 29.9 Å². The number of hydrogen-bond donors (Lipinski definition) is 3. The molecule has 1 unspecified atom stereocenters. The zero-order chi connectivity index (χ0) is 21.7. The summed E-state index contributed by atoms with van der Waals surface area (Å²) in [5, 5.41) is 17.2. The van der Waals surface area contributed by atoms with Gasteiger partial charge in [0.25, 0.3) is 0 Å². The van der Waals surface area contributed by atoms with Gasteiger partial charge in [-0.15, -0.1) is 0 Å². The molecule has 0 saturated heterocycles. The lowest BCUT2D eigenvalue weighted by atomic mass is 9.96. The number of carbonyl (C=O) groups is 1. The smallest absolute Gasteiger partial charge is 0.248 e. The number of aliphatic imine (C=N–C) groups is 1. The van der Waals surface area contributed by atoms with Crippen LogP contribution in [-0.2, 0) is 16.8 Å². The highest BCUT2D eigenvalue weighted by atomic mass is 16.3. The number of fused-ring (bicyclic) bond motifs is 1. The molecule has 0 radical (unpaired) electrons. The van der Waals surface area contributed by atoms with Crippen molar-refractivity contribution in [3.05, 3.63) is 53.0 Å². The van der Waals surface area contributed by atoms with Gasteiger partial charge in [0.05, 0.1) is 6.54 Å². The lowest BCUT2D eigenvalue weighted by Gasteiger charge is -2.29. The fourth-order valence-corrected chi connectivity index (χ4v) is 3.88. The van der Waals surface area contributed by atoms with E-state index >= 15 is 0 Å². The van der Waals surface area contributed by atoms with E-state index in [1.165, 1.54) is 5.56 Å². The number of aryl methyl sites for hydroxylation is 3. The Labute approximate surface area is 178 Å². The number of hydrogen-bond acceptors (Lipinski definition) is 4. The van der Waals surface area contributed by atoms with E-state index in [1.807, 2.05) is 49.9 Å². The monoisotopic (exact) mass is 412 g/mol. The van der Waals surface area contributed by atoms with Crippen molar-refractivity contribution in [2.45, 2.75) is 46.1 Å². The number of guanidine groups is 1. The number of nitrogens with zero attached hydrogens (tertiary/aromatic N) is 2. The third-order valence-corrected chi connectivity index (χ3v) is 5.35. The van der Waals surface area contributed by atoms with Gasteiger partial charge in [0.2, 0.25) is 5.91 Å². The Balaban J connectivity index is 1.66. The fraction of sp³-hybridized carbons (Fsp3) is 0.478. The molecule has 0 bridgehead atoms. The molecule has 2 aromatic rings. The molecule has 0 spiro atoms. The number of aliphatic hydroxyl groups is 1. The number of rotatable bonds is 6. The van der Waals surface area contributed by atoms with E-state index in [9.17, 15) is 9.90 Å². The van der Waals surface area contributed by atoms with E-state index in [1.54, 1.807) is 6.92 Å². The van der Waals surface area contributed by atoms with Crippen LogP contribution in [0, 0.1) is 13.8 Å². The van der Waals surface area contributed by atoms with Crippen LogP contribution in [-0.4, -0.2) is 43.2 Å². The maximum Gasteiger partial charge on any atom is 0.248 e. The summed E-state index contributed by atoms with van der Waals surface area (Å²) >= 11 is 0. The summed E-state index contributed by atoms with van der Waals surface area (Å²) in [6, 6.07) is 9.88. The Kier molecular flexibility index (Phi) is 6.82. The van der Waals surface area contributed by atoms with Crippen LogP contribution < -0.4 is 15.5 Å². The van der Waals surface area contributed by atoms with Crippen molar-refractivity contribution in [2.75, 3.05) is 31.1 Å². The van der Waals surface area contributed by atoms with Crippen LogP contribution in [0.15, 0.2) is 39.7 Å². The molecule has 3 rings (SSSR count). The van der Waals surface area contributed by atoms with Crippen molar-refractivity contribution in [1.29, 1.82) is 0 Å². The Morgan fingerprint density at radius 2 is 2.07 bits per heavy atom. The largest absolute Gasteiger partial charge is 0.466 e. The molecule has 1 amide bonds. The average molecular weight is 413 g/mol. The summed E-state index contributed by atoms with van der Waals surface area (Å²) in [5.74, 6) is 1.91. The first kappa shape index (κ1) is 21.9. The molecule has 0 fully saturated rings. The molecule has 0 saturated carbocycles. The van der Waals surface area contributed by atoms with Crippen molar-refractivity contribution in [2.24, 2.45) is 4.99 Å². The lowest BCUT2D eigenvalue weighted by Crippen LogP contribution is -2.45. The summed E-state index contributed by atoms with van der Waals surface area (Å²) in [7, 11) is 0. The molecule has 1 aromatic carbocycles. The highest BCUT2D eigenvalue weighted by molar-refractivity contribution is 5.97. The van der Waals surface area contributed by atoms with Crippen LogP contribution in [0.3, 0.4) is 0 Å². The highest BCUT2D eigenvalue weighted by Crippen LogP contribution is 2.27. The van der Waals surface area contributed by atoms with E-state index in [-0.39, 0.29) is 19.0 Å². The van der Waals surface area contributed by atoms with E-state index in [4.69, 9.17) is 4.42 Å². The first-order chi connectivity index (χ1) is 14.3. The van der Waals surface area contributed by atoms with Gasteiger partial charge in [-0.1, -0.05) is 18.2 Å². The number of benzene rings is 1. The van der Waals surface area contributed by atoms with Gasteiger partial charge in [0.15, 0.2) is 5.96 Å². The van der Waals surface area contributed by atoms with Gasteiger partial charge in [-0.25, -0.2) is 4.99 Å². The minimum atomic E-state index is -1.13. The molecule has 0 aliphatic carbocycles. The normalized spacial score (nSPS) is 16.0. The Hall–Kier alpha value is -2.80. The van der Waals surface area contributed by atoms with Gasteiger partial charge in [0.1, 0.15) is 23.7 Å². The zero-order valence-electron chi connectivity index (χ0n) is 18.3. The maximum atomic E-state index is 12.8. The minimum Gasteiger partial charge on any atom is -0.466 e. The van der Waals surface area contributed by atoms with Crippen LogP contribution in [0.1, 0.15) is 42.9 Å². The van der Waals surface area contributed by atoms with Crippen molar-refractivity contribution >= 4 is 17.6 Å². The molecule has 1 aromatic heterocycles. The number of anilines is 1. The summed E-state index contributed by atoms with van der Waals surface area (Å²) < 4.78 is 5.55. The predicted octanol–water partition coefficient (Wildman–Crippen LogP) is 2.64. The Morgan fingerprint density at radius 3 is 2.77 bits per heavy atom. The molecular weight excluding hydrogens is 380 g/mol. The van der Waals surface area contributed by atoms with Crippen LogP contribution in [0.4, 0.5) is 5.69 Å². The third kappa shape index (κ3) is 5.02. The summed E-state index contributed by atoms with van der Waals surface area (Å²) in [4.78, 5) is 19.1. The molecule has 3 N–H and O–H groups in total. The second-order valence-corrected chi connectivity index (χ2v) is 7.93. The molecule has 162 valence electrons. The van der Waals surface area contributed by atoms with Gasteiger partial charge in [0, 0.05) is 24.3 Å². The maximum absolute atomic E-state index is 12.8. The molecule has 7 nitrogen and oxygen atoms in total. The van der Waals surface area contributed by atoms with Gasteiger partial charge in [-0.05, 0) is 58.2 Å². The molecule has 1 aliphatic heterocycles. The molecule has 2 heterocycles. The number of amides is 1. The Morgan fingerprint density at radius 1 is 1.30 bits per heavy atom. The quantitative estimate of drug-likeness (QED) is 0.501. The lowest BCUT2D eigenvalue weighted by molar-refractivity contribution is -0.117. The second-order valence-electron chi connectivity index (χ2n) is 7.93. The highest BCUT2D eigenvalue weighted by Gasteiger charge is 2.28. The number of carbonyl (C=O) groups excluding carboxylic acids is 1.